The predicted molar refractivity (Wildman–Crippen MR) is 48.0 cm³/mol. The fourth-order valence-corrected chi connectivity index (χ4v) is 1.49. The zero-order chi connectivity index (χ0) is 8.97. The molecule has 0 radical (unpaired) electrons. The molecule has 3 heteroatoms. The maximum Gasteiger partial charge on any atom is 0.112 e. The Labute approximate surface area is 74.4 Å². The molecule has 2 atom stereocenters. The van der Waals surface area contributed by atoms with E-state index in [0.29, 0.717) is 12.0 Å². The number of rotatable bonds is 4. The van der Waals surface area contributed by atoms with Gasteiger partial charge in [0.15, 0.2) is 0 Å². The Bertz CT molecular complexity index is 128. The van der Waals surface area contributed by atoms with Gasteiger partial charge in [0.1, 0.15) is 6.23 Å². The van der Waals surface area contributed by atoms with E-state index in [-0.39, 0.29) is 6.23 Å². The minimum absolute atomic E-state index is 0.198. The highest BCUT2D eigenvalue weighted by Crippen LogP contribution is 2.16. The average molecular weight is 173 g/mol. The Morgan fingerprint density at radius 3 is 2.83 bits per heavy atom. The molecule has 1 aliphatic rings. The Balaban J connectivity index is 2.21. The maximum atomic E-state index is 5.54. The molecule has 1 rings (SSSR count). The van der Waals surface area contributed by atoms with Gasteiger partial charge in [-0.1, -0.05) is 0 Å². The van der Waals surface area contributed by atoms with E-state index in [1.165, 1.54) is 0 Å². The van der Waals surface area contributed by atoms with Gasteiger partial charge in [-0.15, -0.1) is 0 Å². The Morgan fingerprint density at radius 2 is 2.25 bits per heavy atom. The van der Waals surface area contributed by atoms with Gasteiger partial charge in [-0.3, -0.25) is 5.32 Å². The molecule has 1 fully saturated rings. The number of methoxy groups -OCH3 is 1. The molecule has 0 amide bonds. The SMILES string of the molecule is COC1NCCC1COC(C)C. The van der Waals surface area contributed by atoms with Gasteiger partial charge in [0.2, 0.25) is 0 Å². The highest BCUT2D eigenvalue weighted by molar-refractivity contribution is 4.76. The first-order chi connectivity index (χ1) is 5.74. The van der Waals surface area contributed by atoms with E-state index in [0.717, 1.165) is 19.6 Å². The van der Waals surface area contributed by atoms with E-state index in [2.05, 4.69) is 19.2 Å². The van der Waals surface area contributed by atoms with Crippen LogP contribution in [0.1, 0.15) is 20.3 Å². The van der Waals surface area contributed by atoms with Crippen LogP contribution in [-0.4, -0.2) is 32.6 Å². The molecule has 1 N–H and O–H groups in total. The Hall–Kier alpha value is -0.120. The Kier molecular flexibility index (Phi) is 3.98. The van der Waals surface area contributed by atoms with Crippen LogP contribution in [0, 0.1) is 5.92 Å². The molecular formula is C9H19NO2. The Morgan fingerprint density at radius 1 is 1.50 bits per heavy atom. The molecular weight excluding hydrogens is 154 g/mol. The number of hydrogen-bond donors (Lipinski definition) is 1. The summed E-state index contributed by atoms with van der Waals surface area (Å²) < 4.78 is 10.8. The lowest BCUT2D eigenvalue weighted by atomic mass is 10.1. The molecule has 1 aliphatic heterocycles. The van der Waals surface area contributed by atoms with Crippen molar-refractivity contribution in [2.24, 2.45) is 5.92 Å². The van der Waals surface area contributed by atoms with Crippen molar-refractivity contribution in [3.63, 3.8) is 0 Å². The molecule has 0 spiro atoms. The van der Waals surface area contributed by atoms with Crippen molar-refractivity contribution in [2.45, 2.75) is 32.6 Å². The van der Waals surface area contributed by atoms with E-state index in [4.69, 9.17) is 9.47 Å². The zero-order valence-electron chi connectivity index (χ0n) is 8.17. The second-order valence-electron chi connectivity index (χ2n) is 3.54. The standard InChI is InChI=1S/C9H19NO2/c1-7(2)12-6-8-4-5-10-9(8)11-3/h7-10H,4-6H2,1-3H3. The largest absolute Gasteiger partial charge is 0.378 e. The summed E-state index contributed by atoms with van der Waals surface area (Å²) in [7, 11) is 1.74. The van der Waals surface area contributed by atoms with E-state index >= 15 is 0 Å². The fourth-order valence-electron chi connectivity index (χ4n) is 1.49. The molecule has 0 aromatic heterocycles. The third-order valence-electron chi connectivity index (χ3n) is 2.19. The van der Waals surface area contributed by atoms with Crippen molar-refractivity contribution in [3.05, 3.63) is 0 Å². The minimum Gasteiger partial charge on any atom is -0.378 e. The first-order valence-corrected chi connectivity index (χ1v) is 4.62. The monoisotopic (exact) mass is 173 g/mol. The summed E-state index contributed by atoms with van der Waals surface area (Å²) in [4.78, 5) is 0. The van der Waals surface area contributed by atoms with Crippen LogP contribution in [0.25, 0.3) is 0 Å². The zero-order valence-corrected chi connectivity index (χ0v) is 8.17. The van der Waals surface area contributed by atoms with E-state index in [9.17, 15) is 0 Å². The molecule has 0 saturated carbocycles. The molecule has 2 unspecified atom stereocenters. The van der Waals surface area contributed by atoms with Crippen LogP contribution in [0.5, 0.6) is 0 Å². The lowest BCUT2D eigenvalue weighted by Gasteiger charge is -2.18. The van der Waals surface area contributed by atoms with Crippen molar-refractivity contribution < 1.29 is 9.47 Å². The van der Waals surface area contributed by atoms with E-state index in [1.807, 2.05) is 0 Å². The smallest absolute Gasteiger partial charge is 0.112 e. The lowest BCUT2D eigenvalue weighted by Crippen LogP contribution is -2.31. The topological polar surface area (TPSA) is 30.5 Å². The van der Waals surface area contributed by atoms with Crippen LogP contribution in [0.2, 0.25) is 0 Å². The van der Waals surface area contributed by atoms with Crippen LogP contribution in [0.15, 0.2) is 0 Å². The van der Waals surface area contributed by atoms with E-state index < -0.39 is 0 Å². The summed E-state index contributed by atoms with van der Waals surface area (Å²) in [5.41, 5.74) is 0. The van der Waals surface area contributed by atoms with Crippen LogP contribution in [-0.2, 0) is 9.47 Å². The predicted octanol–water partition coefficient (Wildman–Crippen LogP) is 0.993. The second kappa shape index (κ2) is 4.80. The van der Waals surface area contributed by atoms with Gasteiger partial charge in [-0.05, 0) is 26.8 Å². The third kappa shape index (κ3) is 2.73. The lowest BCUT2D eigenvalue weighted by molar-refractivity contribution is -0.00989. The van der Waals surface area contributed by atoms with Crippen LogP contribution in [0.3, 0.4) is 0 Å². The van der Waals surface area contributed by atoms with Crippen molar-refractivity contribution in [3.8, 4) is 0 Å². The molecule has 0 bridgehead atoms. The summed E-state index contributed by atoms with van der Waals surface area (Å²) >= 11 is 0. The second-order valence-corrected chi connectivity index (χ2v) is 3.54. The van der Waals surface area contributed by atoms with Gasteiger partial charge in [-0.2, -0.15) is 0 Å². The summed E-state index contributed by atoms with van der Waals surface area (Å²) in [5, 5.41) is 3.28. The van der Waals surface area contributed by atoms with Gasteiger partial charge >= 0.3 is 0 Å². The first-order valence-electron chi connectivity index (χ1n) is 4.62. The summed E-state index contributed by atoms with van der Waals surface area (Å²) in [6.07, 6.45) is 1.68. The first kappa shape index (κ1) is 9.96. The van der Waals surface area contributed by atoms with Gasteiger partial charge in [0.25, 0.3) is 0 Å². The summed E-state index contributed by atoms with van der Waals surface area (Å²) in [5.74, 6) is 0.525. The highest BCUT2D eigenvalue weighted by Gasteiger charge is 2.26. The average Bonchev–Trinajstić information content (AvgIpc) is 2.47. The van der Waals surface area contributed by atoms with Gasteiger partial charge in [-0.25, -0.2) is 0 Å². The fraction of sp³-hybridized carbons (Fsp3) is 1.00. The van der Waals surface area contributed by atoms with Gasteiger partial charge < -0.3 is 9.47 Å². The minimum atomic E-state index is 0.198. The molecule has 1 saturated heterocycles. The molecule has 12 heavy (non-hydrogen) atoms. The van der Waals surface area contributed by atoms with Gasteiger partial charge in [0.05, 0.1) is 12.7 Å². The van der Waals surface area contributed by atoms with Crippen LogP contribution < -0.4 is 5.32 Å². The van der Waals surface area contributed by atoms with Crippen LogP contribution in [0.4, 0.5) is 0 Å². The quantitative estimate of drug-likeness (QED) is 0.688. The molecule has 3 nitrogen and oxygen atoms in total. The third-order valence-corrected chi connectivity index (χ3v) is 2.19. The number of nitrogens with one attached hydrogen (secondary N) is 1. The molecule has 0 aromatic carbocycles. The molecule has 0 aliphatic carbocycles. The molecule has 72 valence electrons. The number of hydrogen-bond acceptors (Lipinski definition) is 3. The molecule has 1 heterocycles. The normalized spacial score (nSPS) is 30.0. The van der Waals surface area contributed by atoms with Crippen molar-refractivity contribution in [2.75, 3.05) is 20.3 Å². The summed E-state index contributed by atoms with van der Waals surface area (Å²) in [6, 6.07) is 0. The highest BCUT2D eigenvalue weighted by atomic mass is 16.5. The van der Waals surface area contributed by atoms with Crippen LogP contribution >= 0.6 is 0 Å². The van der Waals surface area contributed by atoms with E-state index in [1.54, 1.807) is 7.11 Å². The summed E-state index contributed by atoms with van der Waals surface area (Å²) in [6.45, 7) is 5.97. The van der Waals surface area contributed by atoms with Gasteiger partial charge in [0, 0.05) is 13.0 Å². The number of ether oxygens (including phenoxy) is 2. The van der Waals surface area contributed by atoms with Crippen molar-refractivity contribution in [1.29, 1.82) is 0 Å². The maximum absolute atomic E-state index is 5.54. The van der Waals surface area contributed by atoms with Crippen molar-refractivity contribution >= 4 is 0 Å². The molecule has 0 aromatic rings. The van der Waals surface area contributed by atoms with Crippen molar-refractivity contribution in [1.82, 2.24) is 5.32 Å².